The van der Waals surface area contributed by atoms with Crippen LogP contribution in [0.4, 0.5) is 11.4 Å². The van der Waals surface area contributed by atoms with Crippen molar-refractivity contribution in [1.82, 2.24) is 5.32 Å². The fraction of sp³-hybridized carbons (Fsp3) is 0.176. The van der Waals surface area contributed by atoms with Gasteiger partial charge in [-0.25, -0.2) is 0 Å². The lowest BCUT2D eigenvalue weighted by molar-refractivity contribution is -0.384. The number of anilines is 1. The Morgan fingerprint density at radius 1 is 1.15 bits per heavy atom. The monoisotopic (exact) mass is 373 g/mol. The first-order chi connectivity index (χ1) is 12.4. The summed E-state index contributed by atoms with van der Waals surface area (Å²) in [6.45, 7) is 2.66. The zero-order valence-corrected chi connectivity index (χ0v) is 14.6. The van der Waals surface area contributed by atoms with Crippen molar-refractivity contribution in [1.29, 1.82) is 0 Å². The topological polar surface area (TPSA) is 103 Å². The molecule has 2 N–H and O–H groups in total. The molecule has 0 unspecified atom stereocenters. The maximum absolute atomic E-state index is 12.3. The zero-order chi connectivity index (χ0) is 18.7. The van der Waals surface area contributed by atoms with Crippen molar-refractivity contribution in [2.75, 3.05) is 18.5 Å². The summed E-state index contributed by atoms with van der Waals surface area (Å²) in [6.07, 6.45) is 0. The molecule has 0 aliphatic carbocycles. The van der Waals surface area contributed by atoms with Gasteiger partial charge < -0.3 is 14.8 Å². The van der Waals surface area contributed by atoms with Crippen LogP contribution in [0, 0.1) is 17.0 Å². The zero-order valence-electron chi connectivity index (χ0n) is 13.8. The molecule has 1 aliphatic rings. The second kappa shape index (κ2) is 7.36. The molecule has 3 rings (SSSR count). The number of nitro benzene ring substituents is 1. The van der Waals surface area contributed by atoms with E-state index in [0.29, 0.717) is 36.0 Å². The minimum Gasteiger partial charge on any atom is -0.486 e. The van der Waals surface area contributed by atoms with Crippen molar-refractivity contribution >= 4 is 34.6 Å². The lowest BCUT2D eigenvalue weighted by atomic mass is 10.1. The number of non-ortho nitro benzene ring substituents is 1. The van der Waals surface area contributed by atoms with Crippen molar-refractivity contribution in [2.24, 2.45) is 0 Å². The van der Waals surface area contributed by atoms with Crippen molar-refractivity contribution in [3.8, 4) is 11.5 Å². The summed E-state index contributed by atoms with van der Waals surface area (Å²) < 4.78 is 10.9. The van der Waals surface area contributed by atoms with Gasteiger partial charge in [0.15, 0.2) is 16.6 Å². The molecule has 9 heteroatoms. The number of ether oxygens (including phenoxy) is 2. The minimum absolute atomic E-state index is 0.0356. The summed E-state index contributed by atoms with van der Waals surface area (Å²) in [6, 6.07) is 9.20. The Morgan fingerprint density at radius 2 is 1.88 bits per heavy atom. The van der Waals surface area contributed by atoms with Crippen molar-refractivity contribution < 1.29 is 19.2 Å². The first-order valence-electron chi connectivity index (χ1n) is 7.71. The third kappa shape index (κ3) is 3.89. The molecular formula is C17H15N3O5S. The number of aryl methyl sites for hydroxylation is 1. The largest absolute Gasteiger partial charge is 0.486 e. The smallest absolute Gasteiger partial charge is 0.271 e. The van der Waals surface area contributed by atoms with Crippen LogP contribution >= 0.6 is 12.2 Å². The van der Waals surface area contributed by atoms with Crippen LogP contribution in [0.5, 0.6) is 11.5 Å². The van der Waals surface area contributed by atoms with Gasteiger partial charge in [0.2, 0.25) is 0 Å². The Morgan fingerprint density at radius 3 is 2.62 bits per heavy atom. The standard InChI is InChI=1S/C17H15N3O5S/c1-10-2-4-12(20(22)23)9-13(10)18-17(26)19-16(21)11-3-5-14-15(8-11)25-7-6-24-14/h2-5,8-9H,6-7H2,1H3,(H2,18,19,21,26). The van der Waals surface area contributed by atoms with Gasteiger partial charge in [0.05, 0.1) is 4.92 Å². The number of carbonyl (C=O) groups excluding carboxylic acids is 1. The van der Waals surface area contributed by atoms with Gasteiger partial charge in [-0.15, -0.1) is 0 Å². The van der Waals surface area contributed by atoms with Crippen molar-refractivity contribution in [2.45, 2.75) is 6.92 Å². The highest BCUT2D eigenvalue weighted by atomic mass is 32.1. The van der Waals surface area contributed by atoms with E-state index >= 15 is 0 Å². The van der Waals surface area contributed by atoms with Crippen molar-refractivity contribution in [3.63, 3.8) is 0 Å². The molecule has 0 spiro atoms. The molecule has 2 aromatic rings. The molecule has 1 amide bonds. The van der Waals surface area contributed by atoms with E-state index in [1.54, 1.807) is 31.2 Å². The maximum Gasteiger partial charge on any atom is 0.271 e. The number of carbonyl (C=O) groups is 1. The Bertz CT molecular complexity index is 900. The van der Waals surface area contributed by atoms with Gasteiger partial charge in [-0.3, -0.25) is 20.2 Å². The number of fused-ring (bicyclic) bond motifs is 1. The lowest BCUT2D eigenvalue weighted by Gasteiger charge is -2.18. The second-order valence-corrected chi connectivity index (χ2v) is 5.93. The van der Waals surface area contributed by atoms with Gasteiger partial charge in [0.25, 0.3) is 11.6 Å². The fourth-order valence-corrected chi connectivity index (χ4v) is 2.57. The lowest BCUT2D eigenvalue weighted by Crippen LogP contribution is -2.34. The molecule has 1 aliphatic heterocycles. The Labute approximate surface area is 154 Å². The maximum atomic E-state index is 12.3. The number of nitrogens with zero attached hydrogens (tertiary/aromatic N) is 1. The predicted octanol–water partition coefficient (Wildman–Crippen LogP) is 2.80. The van der Waals surface area contributed by atoms with E-state index in [-0.39, 0.29) is 10.8 Å². The van der Waals surface area contributed by atoms with Gasteiger partial charge in [0, 0.05) is 23.4 Å². The normalized spacial score (nSPS) is 12.2. The molecule has 2 aromatic carbocycles. The highest BCUT2D eigenvalue weighted by molar-refractivity contribution is 7.80. The van der Waals surface area contributed by atoms with Crippen LogP contribution in [0.15, 0.2) is 36.4 Å². The molecule has 0 radical (unpaired) electrons. The third-order valence-electron chi connectivity index (χ3n) is 3.71. The van der Waals surface area contributed by atoms with Gasteiger partial charge in [-0.2, -0.15) is 0 Å². The molecule has 0 atom stereocenters. The number of nitro groups is 1. The predicted molar refractivity (Wildman–Crippen MR) is 99.0 cm³/mol. The summed E-state index contributed by atoms with van der Waals surface area (Å²) in [5.74, 6) is 0.653. The van der Waals surface area contributed by atoms with Crippen LogP contribution in [0.2, 0.25) is 0 Å². The Balaban J connectivity index is 1.69. The van der Waals surface area contributed by atoms with Crippen LogP contribution < -0.4 is 20.1 Å². The number of hydrogen-bond acceptors (Lipinski definition) is 6. The molecule has 0 saturated heterocycles. The van der Waals surface area contributed by atoms with Crippen LogP contribution in [-0.4, -0.2) is 29.2 Å². The highest BCUT2D eigenvalue weighted by Crippen LogP contribution is 2.30. The summed E-state index contributed by atoms with van der Waals surface area (Å²) in [5.41, 5.74) is 1.49. The molecule has 8 nitrogen and oxygen atoms in total. The van der Waals surface area contributed by atoms with E-state index in [9.17, 15) is 14.9 Å². The fourth-order valence-electron chi connectivity index (χ4n) is 2.37. The van der Waals surface area contributed by atoms with Crippen LogP contribution in [0.3, 0.4) is 0 Å². The Kier molecular flexibility index (Phi) is 4.99. The average Bonchev–Trinajstić information content (AvgIpc) is 2.62. The summed E-state index contributed by atoms with van der Waals surface area (Å²) in [4.78, 5) is 22.7. The molecule has 1 heterocycles. The number of thiocarbonyl (C=S) groups is 1. The Hall–Kier alpha value is -3.20. The van der Waals surface area contributed by atoms with Crippen LogP contribution in [0.1, 0.15) is 15.9 Å². The summed E-state index contributed by atoms with van der Waals surface area (Å²) >= 11 is 5.13. The van der Waals surface area contributed by atoms with E-state index in [1.165, 1.54) is 12.1 Å². The van der Waals surface area contributed by atoms with Crippen LogP contribution in [-0.2, 0) is 0 Å². The van der Waals surface area contributed by atoms with E-state index < -0.39 is 10.8 Å². The summed E-state index contributed by atoms with van der Waals surface area (Å²) in [5, 5.41) is 16.3. The molecular weight excluding hydrogens is 358 g/mol. The molecule has 0 fully saturated rings. The second-order valence-electron chi connectivity index (χ2n) is 5.52. The minimum atomic E-state index is -0.499. The number of benzene rings is 2. The number of nitrogens with one attached hydrogen (secondary N) is 2. The van der Waals surface area contributed by atoms with E-state index in [1.807, 2.05) is 0 Å². The quantitative estimate of drug-likeness (QED) is 0.484. The van der Waals surface area contributed by atoms with Gasteiger partial charge >= 0.3 is 0 Å². The van der Waals surface area contributed by atoms with Crippen molar-refractivity contribution in [3.05, 3.63) is 57.6 Å². The molecule has 26 heavy (non-hydrogen) atoms. The number of hydrogen-bond donors (Lipinski definition) is 2. The van der Waals surface area contributed by atoms with Gasteiger partial charge in [-0.05, 0) is 42.9 Å². The molecule has 0 aromatic heterocycles. The number of rotatable bonds is 3. The summed E-state index contributed by atoms with van der Waals surface area (Å²) in [7, 11) is 0. The molecule has 0 saturated carbocycles. The van der Waals surface area contributed by atoms with Gasteiger partial charge in [-0.1, -0.05) is 6.07 Å². The van der Waals surface area contributed by atoms with Gasteiger partial charge in [0.1, 0.15) is 13.2 Å². The van der Waals surface area contributed by atoms with E-state index in [4.69, 9.17) is 21.7 Å². The molecule has 134 valence electrons. The SMILES string of the molecule is Cc1ccc([N+](=O)[O-])cc1NC(=S)NC(=O)c1ccc2c(c1)OCCO2. The average molecular weight is 373 g/mol. The van der Waals surface area contributed by atoms with Crippen LogP contribution in [0.25, 0.3) is 0 Å². The highest BCUT2D eigenvalue weighted by Gasteiger charge is 2.16. The first-order valence-corrected chi connectivity index (χ1v) is 8.12. The molecule has 0 bridgehead atoms. The van der Waals surface area contributed by atoms with E-state index in [0.717, 1.165) is 5.56 Å². The first kappa shape index (κ1) is 17.6. The van der Waals surface area contributed by atoms with E-state index in [2.05, 4.69) is 10.6 Å². The third-order valence-corrected chi connectivity index (χ3v) is 3.92. The number of amides is 1.